The van der Waals surface area contributed by atoms with Crippen LogP contribution in [0.2, 0.25) is 0 Å². The van der Waals surface area contributed by atoms with Crippen molar-refractivity contribution in [1.82, 2.24) is 0 Å². The van der Waals surface area contributed by atoms with E-state index in [-0.39, 0.29) is 0 Å². The van der Waals surface area contributed by atoms with Gasteiger partial charge >= 0.3 is 0 Å². The molecule has 1 aliphatic rings. The summed E-state index contributed by atoms with van der Waals surface area (Å²) in [7, 11) is 1.92. The van der Waals surface area contributed by atoms with Gasteiger partial charge in [0.25, 0.3) is 0 Å². The van der Waals surface area contributed by atoms with Crippen molar-refractivity contribution >= 4 is 22.9 Å². The molecule has 1 heterocycles. The van der Waals surface area contributed by atoms with Gasteiger partial charge in [0.05, 0.1) is 23.6 Å². The molecule has 0 saturated carbocycles. The van der Waals surface area contributed by atoms with Crippen LogP contribution in [-0.4, -0.2) is 19.4 Å². The minimum atomic E-state index is 0.550. The lowest BCUT2D eigenvalue weighted by Crippen LogP contribution is -2.49. The fourth-order valence-corrected chi connectivity index (χ4v) is 1.77. The first kappa shape index (κ1) is 9.60. The zero-order valence-electron chi connectivity index (χ0n) is 8.51. The molecule has 6 heteroatoms. The zero-order valence-corrected chi connectivity index (χ0v) is 8.51. The zero-order chi connectivity index (χ0) is 11.0. The Balaban J connectivity index is 2.58. The highest BCUT2D eigenvalue weighted by Gasteiger charge is 2.25. The van der Waals surface area contributed by atoms with Crippen LogP contribution in [0.25, 0.3) is 0 Å². The number of nitrogens with two attached hydrogens (primary N) is 3. The molecule has 1 aromatic rings. The summed E-state index contributed by atoms with van der Waals surface area (Å²) in [5.41, 5.74) is 8.30. The first-order valence-electron chi connectivity index (χ1n) is 4.56. The van der Waals surface area contributed by atoms with E-state index in [1.165, 1.54) is 5.01 Å². The van der Waals surface area contributed by atoms with Crippen molar-refractivity contribution in [3.63, 3.8) is 0 Å². The summed E-state index contributed by atoms with van der Waals surface area (Å²) < 4.78 is 0. The van der Waals surface area contributed by atoms with Gasteiger partial charge in [-0.1, -0.05) is 6.07 Å². The van der Waals surface area contributed by atoms with Crippen LogP contribution in [0, 0.1) is 0 Å². The maximum absolute atomic E-state index is 5.89. The molecular weight excluding hydrogens is 192 g/mol. The lowest BCUT2D eigenvalue weighted by Gasteiger charge is -2.35. The van der Waals surface area contributed by atoms with Gasteiger partial charge in [-0.2, -0.15) is 5.10 Å². The summed E-state index contributed by atoms with van der Waals surface area (Å²) in [5.74, 6) is 11.7. The average molecular weight is 206 g/mol. The molecule has 1 aromatic carbocycles. The van der Waals surface area contributed by atoms with Crippen LogP contribution >= 0.6 is 0 Å². The summed E-state index contributed by atoms with van der Waals surface area (Å²) in [4.78, 5) is 1.97. The monoisotopic (exact) mass is 206 g/mol. The van der Waals surface area contributed by atoms with Gasteiger partial charge in [-0.05, 0) is 12.1 Å². The van der Waals surface area contributed by atoms with Gasteiger partial charge in [0, 0.05) is 7.05 Å². The van der Waals surface area contributed by atoms with E-state index in [9.17, 15) is 0 Å². The number of rotatable bonds is 0. The standard InChI is InChI=1S/C9H14N6/c1-14-5-8(13-11)15(12)7-4-2-3-6(10)9(7)14/h2-4H,5,10-12H2,1H3/b13-8-. The SMILES string of the molecule is CN1C/C(=N/N)N(N)c2cccc(N)c21. The summed E-state index contributed by atoms with van der Waals surface area (Å²) in [6.07, 6.45) is 0. The Morgan fingerprint density at radius 3 is 2.80 bits per heavy atom. The van der Waals surface area contributed by atoms with Crippen molar-refractivity contribution < 1.29 is 0 Å². The van der Waals surface area contributed by atoms with Crippen LogP contribution < -0.4 is 27.3 Å². The number of hydrazine groups is 1. The topological polar surface area (TPSA) is 96.9 Å². The lowest BCUT2D eigenvalue weighted by atomic mass is 10.1. The van der Waals surface area contributed by atoms with Gasteiger partial charge in [-0.25, -0.2) is 5.84 Å². The van der Waals surface area contributed by atoms with E-state index in [0.29, 0.717) is 18.1 Å². The summed E-state index contributed by atoms with van der Waals surface area (Å²) in [6.45, 7) is 0.550. The van der Waals surface area contributed by atoms with Crippen LogP contribution in [0.4, 0.5) is 17.1 Å². The van der Waals surface area contributed by atoms with Crippen molar-refractivity contribution in [1.29, 1.82) is 0 Å². The molecule has 0 radical (unpaired) electrons. The summed E-state index contributed by atoms with van der Waals surface area (Å²) in [6, 6.07) is 5.57. The molecule has 1 aliphatic heterocycles. The van der Waals surface area contributed by atoms with E-state index in [2.05, 4.69) is 5.10 Å². The molecule has 0 unspecified atom stereocenters. The normalized spacial score (nSPS) is 18.1. The molecule has 0 amide bonds. The number of fused-ring (bicyclic) bond motifs is 1. The molecule has 80 valence electrons. The molecule has 6 N–H and O–H groups in total. The van der Waals surface area contributed by atoms with Gasteiger partial charge in [-0.3, -0.25) is 5.01 Å². The van der Waals surface area contributed by atoms with Gasteiger partial charge < -0.3 is 16.5 Å². The Bertz CT molecular complexity index is 413. The molecular formula is C9H14N6. The number of likely N-dealkylation sites (N-methyl/N-ethyl adjacent to an activating group) is 1. The summed E-state index contributed by atoms with van der Waals surface area (Å²) in [5, 5.41) is 5.11. The maximum atomic E-state index is 5.89. The molecule has 0 fully saturated rings. The van der Waals surface area contributed by atoms with Crippen LogP contribution in [0.15, 0.2) is 23.3 Å². The number of hydrogen-bond acceptors (Lipinski definition) is 5. The smallest absolute Gasteiger partial charge is 0.162 e. The second-order valence-corrected chi connectivity index (χ2v) is 3.49. The fourth-order valence-electron chi connectivity index (χ4n) is 1.77. The van der Waals surface area contributed by atoms with E-state index >= 15 is 0 Å². The highest BCUT2D eigenvalue weighted by atomic mass is 15.5. The number of hydrogen-bond donors (Lipinski definition) is 3. The van der Waals surface area contributed by atoms with Gasteiger partial charge in [0.2, 0.25) is 0 Å². The summed E-state index contributed by atoms with van der Waals surface area (Å²) >= 11 is 0. The quantitative estimate of drug-likeness (QED) is 0.307. The molecule has 0 saturated heterocycles. The number of amidine groups is 1. The largest absolute Gasteiger partial charge is 0.397 e. The number of para-hydroxylation sites is 1. The Morgan fingerprint density at radius 1 is 1.40 bits per heavy atom. The first-order chi connectivity index (χ1) is 7.15. The fraction of sp³-hybridized carbons (Fsp3) is 0.222. The van der Waals surface area contributed by atoms with Crippen LogP contribution in [0.1, 0.15) is 0 Å². The van der Waals surface area contributed by atoms with Gasteiger partial charge in [0.1, 0.15) is 0 Å². The van der Waals surface area contributed by atoms with Crippen molar-refractivity contribution in [2.45, 2.75) is 0 Å². The molecule has 0 atom stereocenters. The number of hydrazone groups is 1. The Hall–Kier alpha value is -1.95. The third-order valence-corrected chi connectivity index (χ3v) is 2.49. The first-order valence-corrected chi connectivity index (χ1v) is 4.56. The van der Waals surface area contributed by atoms with Gasteiger partial charge in [-0.15, -0.1) is 0 Å². The minimum Gasteiger partial charge on any atom is -0.397 e. The number of nitrogens with zero attached hydrogens (tertiary/aromatic N) is 3. The third kappa shape index (κ3) is 1.35. The van der Waals surface area contributed by atoms with Crippen molar-refractivity contribution in [2.24, 2.45) is 16.8 Å². The lowest BCUT2D eigenvalue weighted by molar-refractivity contribution is 0.948. The predicted molar refractivity (Wildman–Crippen MR) is 62.4 cm³/mol. The Kier molecular flexibility index (Phi) is 2.12. The molecule has 6 nitrogen and oxygen atoms in total. The van der Waals surface area contributed by atoms with Crippen LogP contribution in [0.3, 0.4) is 0 Å². The average Bonchev–Trinajstić information content (AvgIpc) is 2.23. The number of benzene rings is 1. The van der Waals surface area contributed by atoms with Crippen LogP contribution in [-0.2, 0) is 0 Å². The molecule has 15 heavy (non-hydrogen) atoms. The third-order valence-electron chi connectivity index (χ3n) is 2.49. The van der Waals surface area contributed by atoms with Crippen molar-refractivity contribution in [2.75, 3.05) is 29.2 Å². The van der Waals surface area contributed by atoms with E-state index in [0.717, 1.165) is 11.4 Å². The number of nitrogen functional groups attached to an aromatic ring is 1. The number of anilines is 3. The highest BCUT2D eigenvalue weighted by molar-refractivity contribution is 6.07. The molecule has 2 rings (SSSR count). The molecule has 0 bridgehead atoms. The van der Waals surface area contributed by atoms with E-state index in [1.807, 2.05) is 30.1 Å². The Labute approximate surface area is 87.9 Å². The minimum absolute atomic E-state index is 0.550. The molecule has 0 aliphatic carbocycles. The van der Waals surface area contributed by atoms with Crippen molar-refractivity contribution in [3.8, 4) is 0 Å². The van der Waals surface area contributed by atoms with Crippen LogP contribution in [0.5, 0.6) is 0 Å². The Morgan fingerprint density at radius 2 is 2.13 bits per heavy atom. The molecule has 0 aromatic heterocycles. The second kappa shape index (κ2) is 3.32. The van der Waals surface area contributed by atoms with E-state index < -0.39 is 0 Å². The van der Waals surface area contributed by atoms with Crippen molar-refractivity contribution in [3.05, 3.63) is 18.2 Å². The van der Waals surface area contributed by atoms with E-state index in [4.69, 9.17) is 17.4 Å². The van der Waals surface area contributed by atoms with Gasteiger partial charge in [0.15, 0.2) is 5.84 Å². The maximum Gasteiger partial charge on any atom is 0.162 e. The highest BCUT2D eigenvalue weighted by Crippen LogP contribution is 2.35. The second-order valence-electron chi connectivity index (χ2n) is 3.49. The molecule has 0 spiro atoms. The predicted octanol–water partition coefficient (Wildman–Crippen LogP) is -0.329. The van der Waals surface area contributed by atoms with E-state index in [1.54, 1.807) is 0 Å².